The molecule has 6 heteroatoms. The van der Waals surface area contributed by atoms with E-state index in [0.717, 1.165) is 28.4 Å². The molecule has 0 fully saturated rings. The second-order valence-corrected chi connectivity index (χ2v) is 8.26. The predicted octanol–water partition coefficient (Wildman–Crippen LogP) is 5.44. The van der Waals surface area contributed by atoms with E-state index in [0.29, 0.717) is 6.54 Å². The fourth-order valence-electron chi connectivity index (χ4n) is 4.07. The maximum atomic E-state index is 4.64. The third kappa shape index (κ3) is 4.15. The summed E-state index contributed by atoms with van der Waals surface area (Å²) in [6, 6.07) is 21.0. The number of nitrogens with zero attached hydrogens (tertiary/aromatic N) is 5. The summed E-state index contributed by atoms with van der Waals surface area (Å²) in [6.07, 6.45) is 7.52. The Kier molecular flexibility index (Phi) is 5.48. The summed E-state index contributed by atoms with van der Waals surface area (Å²) in [7, 11) is 4.14. The van der Waals surface area contributed by atoms with Crippen LogP contribution in [0.3, 0.4) is 0 Å². The molecule has 33 heavy (non-hydrogen) atoms. The van der Waals surface area contributed by atoms with Gasteiger partial charge in [0.15, 0.2) is 11.5 Å². The van der Waals surface area contributed by atoms with Gasteiger partial charge in [0.05, 0.1) is 11.9 Å². The van der Waals surface area contributed by atoms with E-state index in [1.165, 1.54) is 22.4 Å². The minimum atomic E-state index is 0.650. The van der Waals surface area contributed by atoms with Gasteiger partial charge in [0.2, 0.25) is 0 Å². The van der Waals surface area contributed by atoms with Gasteiger partial charge in [0.1, 0.15) is 0 Å². The Balaban J connectivity index is 1.43. The van der Waals surface area contributed by atoms with Gasteiger partial charge < -0.3 is 10.2 Å². The van der Waals surface area contributed by atoms with Crippen LogP contribution in [-0.2, 0) is 6.54 Å². The lowest BCUT2D eigenvalue weighted by Gasteiger charge is -2.19. The van der Waals surface area contributed by atoms with Crippen molar-refractivity contribution in [2.45, 2.75) is 13.5 Å². The summed E-state index contributed by atoms with van der Waals surface area (Å²) in [6.45, 7) is 2.67. The van der Waals surface area contributed by atoms with Gasteiger partial charge in [0.25, 0.3) is 0 Å². The molecular formula is C27H26N6. The van der Waals surface area contributed by atoms with Crippen LogP contribution in [0.4, 0.5) is 11.5 Å². The number of imidazole rings is 1. The normalized spacial score (nSPS) is 11.0. The molecule has 0 atom stereocenters. The second-order valence-electron chi connectivity index (χ2n) is 8.26. The minimum absolute atomic E-state index is 0.650. The van der Waals surface area contributed by atoms with Gasteiger partial charge in [-0.25, -0.2) is 9.97 Å². The fourth-order valence-corrected chi connectivity index (χ4v) is 4.07. The highest BCUT2D eigenvalue weighted by atomic mass is 15.1. The van der Waals surface area contributed by atoms with E-state index in [1.54, 1.807) is 0 Å². The van der Waals surface area contributed by atoms with E-state index in [1.807, 2.05) is 49.9 Å². The van der Waals surface area contributed by atoms with Crippen LogP contribution in [0.2, 0.25) is 0 Å². The molecule has 0 radical (unpaired) electrons. The molecule has 0 aliphatic carbocycles. The minimum Gasteiger partial charge on any atom is -0.377 e. The highest BCUT2D eigenvalue weighted by Crippen LogP contribution is 2.31. The van der Waals surface area contributed by atoms with Crippen LogP contribution in [-0.4, -0.2) is 33.4 Å². The molecule has 0 unspecified atom stereocenters. The van der Waals surface area contributed by atoms with Gasteiger partial charge in [-0.1, -0.05) is 42.5 Å². The molecule has 0 saturated carbocycles. The van der Waals surface area contributed by atoms with Crippen molar-refractivity contribution in [1.29, 1.82) is 0 Å². The number of hydrogen-bond acceptors (Lipinski definition) is 5. The predicted molar refractivity (Wildman–Crippen MR) is 134 cm³/mol. The van der Waals surface area contributed by atoms with Crippen LogP contribution < -0.4 is 10.2 Å². The molecule has 1 N–H and O–H groups in total. The standard InChI is InChI=1S/C27H26N6/c1-19-15-22(11-12-28-19)23-10-9-20(16-24(23)32(2)3)17-30-26-27-31-18-25(33(27)14-13-29-26)21-7-5-4-6-8-21/h4-16,18H,17H2,1-3H3,(H,29,30). The molecule has 2 aromatic carbocycles. The summed E-state index contributed by atoms with van der Waals surface area (Å²) in [5.74, 6) is 0.764. The van der Waals surface area contributed by atoms with Crippen molar-refractivity contribution in [3.8, 4) is 22.4 Å². The molecule has 0 spiro atoms. The third-order valence-electron chi connectivity index (χ3n) is 5.71. The van der Waals surface area contributed by atoms with E-state index < -0.39 is 0 Å². The van der Waals surface area contributed by atoms with Crippen LogP contribution in [0.5, 0.6) is 0 Å². The lowest BCUT2D eigenvalue weighted by Crippen LogP contribution is -2.11. The van der Waals surface area contributed by atoms with Gasteiger partial charge >= 0.3 is 0 Å². The van der Waals surface area contributed by atoms with E-state index >= 15 is 0 Å². The van der Waals surface area contributed by atoms with Gasteiger partial charge in [-0.3, -0.25) is 9.38 Å². The van der Waals surface area contributed by atoms with E-state index in [2.05, 4.69) is 86.1 Å². The topological polar surface area (TPSA) is 58.4 Å². The number of nitrogens with one attached hydrogen (secondary N) is 1. The first-order valence-electron chi connectivity index (χ1n) is 10.9. The van der Waals surface area contributed by atoms with Gasteiger partial charge in [0, 0.05) is 61.7 Å². The molecule has 5 rings (SSSR count). The van der Waals surface area contributed by atoms with Crippen molar-refractivity contribution in [3.63, 3.8) is 0 Å². The molecule has 0 aliphatic rings. The fraction of sp³-hybridized carbons (Fsp3) is 0.148. The first kappa shape index (κ1) is 20.7. The first-order valence-corrected chi connectivity index (χ1v) is 10.9. The highest BCUT2D eigenvalue weighted by molar-refractivity contribution is 5.79. The average molecular weight is 435 g/mol. The van der Waals surface area contributed by atoms with Crippen molar-refractivity contribution in [2.24, 2.45) is 0 Å². The number of hydrogen-bond donors (Lipinski definition) is 1. The van der Waals surface area contributed by atoms with E-state index in [9.17, 15) is 0 Å². The van der Waals surface area contributed by atoms with Crippen molar-refractivity contribution in [2.75, 3.05) is 24.3 Å². The van der Waals surface area contributed by atoms with Gasteiger partial charge in [-0.05, 0) is 36.2 Å². The molecule has 3 heterocycles. The number of aryl methyl sites for hydroxylation is 1. The molecule has 6 nitrogen and oxygen atoms in total. The van der Waals surface area contributed by atoms with Crippen LogP contribution in [0, 0.1) is 6.92 Å². The largest absolute Gasteiger partial charge is 0.377 e. The van der Waals surface area contributed by atoms with Crippen LogP contribution >= 0.6 is 0 Å². The Hall–Kier alpha value is -4.19. The molecule has 0 aliphatic heterocycles. The van der Waals surface area contributed by atoms with Crippen molar-refractivity contribution in [1.82, 2.24) is 19.4 Å². The Morgan fingerprint density at radius 2 is 1.73 bits per heavy atom. The molecule has 0 amide bonds. The first-order chi connectivity index (χ1) is 16.1. The summed E-state index contributed by atoms with van der Waals surface area (Å²) in [4.78, 5) is 15.7. The second kappa shape index (κ2) is 8.74. The molecule has 164 valence electrons. The third-order valence-corrected chi connectivity index (χ3v) is 5.71. The highest BCUT2D eigenvalue weighted by Gasteiger charge is 2.12. The van der Waals surface area contributed by atoms with Crippen molar-refractivity contribution < 1.29 is 0 Å². The lowest BCUT2D eigenvalue weighted by atomic mass is 10.0. The quantitative estimate of drug-likeness (QED) is 0.385. The monoisotopic (exact) mass is 434 g/mol. The average Bonchev–Trinajstić information content (AvgIpc) is 3.28. The lowest BCUT2D eigenvalue weighted by molar-refractivity contribution is 1.06. The molecule has 3 aromatic heterocycles. The number of aromatic nitrogens is 4. The van der Waals surface area contributed by atoms with Crippen LogP contribution in [0.1, 0.15) is 11.3 Å². The summed E-state index contributed by atoms with van der Waals surface area (Å²) < 4.78 is 2.07. The van der Waals surface area contributed by atoms with Gasteiger partial charge in [-0.2, -0.15) is 0 Å². The number of anilines is 2. The molecule has 5 aromatic rings. The zero-order chi connectivity index (χ0) is 22.8. The molecule has 0 saturated heterocycles. The Bertz CT molecular complexity index is 1410. The number of rotatable bonds is 6. The Morgan fingerprint density at radius 1 is 0.879 bits per heavy atom. The summed E-state index contributed by atoms with van der Waals surface area (Å²) in [5, 5.41) is 3.48. The number of benzene rings is 2. The van der Waals surface area contributed by atoms with Crippen molar-refractivity contribution >= 4 is 17.2 Å². The molecular weight excluding hydrogens is 408 g/mol. The van der Waals surface area contributed by atoms with Crippen LogP contribution in [0.25, 0.3) is 28.0 Å². The van der Waals surface area contributed by atoms with E-state index in [-0.39, 0.29) is 0 Å². The Labute approximate surface area is 193 Å². The zero-order valence-corrected chi connectivity index (χ0v) is 19.0. The van der Waals surface area contributed by atoms with E-state index in [4.69, 9.17) is 0 Å². The summed E-state index contributed by atoms with van der Waals surface area (Å²) >= 11 is 0. The SMILES string of the molecule is Cc1cc(-c2ccc(CNc3nccn4c(-c5ccccc5)cnc34)cc2N(C)C)ccn1. The van der Waals surface area contributed by atoms with Gasteiger partial charge in [-0.15, -0.1) is 0 Å². The molecule has 0 bridgehead atoms. The number of fused-ring (bicyclic) bond motifs is 1. The van der Waals surface area contributed by atoms with Crippen LogP contribution in [0.15, 0.2) is 85.5 Å². The zero-order valence-electron chi connectivity index (χ0n) is 19.0. The maximum Gasteiger partial charge on any atom is 0.180 e. The maximum absolute atomic E-state index is 4.64. The Morgan fingerprint density at radius 3 is 2.52 bits per heavy atom. The summed E-state index contributed by atoms with van der Waals surface area (Å²) in [5.41, 5.74) is 8.69. The number of pyridine rings is 1. The smallest absolute Gasteiger partial charge is 0.180 e. The van der Waals surface area contributed by atoms with Crippen molar-refractivity contribution in [3.05, 3.63) is 96.7 Å².